The standard InChI is InChI=1S/C18H22N2O3S/c1-13-7-4-5-10-17(13)23-14(2)12-19-18(21)20-15-8-6-9-16(11-15)24(3)22/h4-11,14H,12H2,1-3H3,(H2,19,20,21)/t14-,24-/m1/s1. The number of amides is 2. The van der Waals surface area contributed by atoms with Crippen LogP contribution in [0, 0.1) is 6.92 Å². The average molecular weight is 346 g/mol. The van der Waals surface area contributed by atoms with E-state index in [4.69, 9.17) is 4.74 Å². The van der Waals surface area contributed by atoms with Gasteiger partial charge in [-0.25, -0.2) is 4.79 Å². The molecule has 0 spiro atoms. The van der Waals surface area contributed by atoms with Crippen molar-refractivity contribution in [2.45, 2.75) is 24.8 Å². The quantitative estimate of drug-likeness (QED) is 0.843. The fraction of sp³-hybridized carbons (Fsp3) is 0.278. The fourth-order valence-electron chi connectivity index (χ4n) is 2.11. The monoisotopic (exact) mass is 346 g/mol. The number of para-hydroxylation sites is 1. The van der Waals surface area contributed by atoms with Crippen LogP contribution in [0.3, 0.4) is 0 Å². The molecule has 0 heterocycles. The second kappa shape index (κ2) is 8.49. The van der Waals surface area contributed by atoms with Gasteiger partial charge in [-0.2, -0.15) is 0 Å². The highest BCUT2D eigenvalue weighted by molar-refractivity contribution is 7.84. The Balaban J connectivity index is 1.83. The van der Waals surface area contributed by atoms with Crippen LogP contribution < -0.4 is 15.4 Å². The van der Waals surface area contributed by atoms with E-state index in [1.165, 1.54) is 0 Å². The van der Waals surface area contributed by atoms with Crippen molar-refractivity contribution in [3.63, 3.8) is 0 Å². The first-order valence-corrected chi connectivity index (χ1v) is 9.22. The predicted molar refractivity (Wildman–Crippen MR) is 97.1 cm³/mol. The number of ether oxygens (including phenoxy) is 1. The Morgan fingerprint density at radius 2 is 1.96 bits per heavy atom. The Labute approximate surface area is 144 Å². The lowest BCUT2D eigenvalue weighted by Gasteiger charge is -2.17. The Bertz CT molecular complexity index is 734. The molecule has 2 aromatic carbocycles. The number of nitrogens with one attached hydrogen (secondary N) is 2. The predicted octanol–water partition coefficient (Wildman–Crippen LogP) is 3.32. The average Bonchev–Trinajstić information content (AvgIpc) is 2.55. The second-order valence-corrected chi connectivity index (χ2v) is 6.89. The van der Waals surface area contributed by atoms with E-state index in [9.17, 15) is 9.00 Å². The van der Waals surface area contributed by atoms with Crippen LogP contribution in [0.2, 0.25) is 0 Å². The number of rotatable bonds is 6. The summed E-state index contributed by atoms with van der Waals surface area (Å²) in [4.78, 5) is 12.6. The zero-order valence-electron chi connectivity index (χ0n) is 14.0. The van der Waals surface area contributed by atoms with Gasteiger partial charge in [-0.3, -0.25) is 4.21 Å². The van der Waals surface area contributed by atoms with Gasteiger partial charge >= 0.3 is 6.03 Å². The number of urea groups is 1. The van der Waals surface area contributed by atoms with E-state index in [-0.39, 0.29) is 12.1 Å². The summed E-state index contributed by atoms with van der Waals surface area (Å²) in [6.45, 7) is 4.25. The molecule has 0 radical (unpaired) electrons. The maximum atomic E-state index is 12.0. The Morgan fingerprint density at radius 1 is 1.21 bits per heavy atom. The lowest BCUT2D eigenvalue weighted by molar-refractivity contribution is 0.211. The van der Waals surface area contributed by atoms with Crippen molar-refractivity contribution < 1.29 is 13.7 Å². The zero-order valence-corrected chi connectivity index (χ0v) is 14.9. The lowest BCUT2D eigenvalue weighted by atomic mass is 10.2. The molecule has 2 amide bonds. The number of carbonyl (C=O) groups is 1. The Morgan fingerprint density at radius 3 is 2.67 bits per heavy atom. The first-order valence-electron chi connectivity index (χ1n) is 7.66. The van der Waals surface area contributed by atoms with Gasteiger partial charge in [0.2, 0.25) is 0 Å². The largest absolute Gasteiger partial charge is 0.489 e. The summed E-state index contributed by atoms with van der Waals surface area (Å²) >= 11 is 0. The van der Waals surface area contributed by atoms with E-state index < -0.39 is 10.8 Å². The minimum absolute atomic E-state index is 0.161. The minimum atomic E-state index is -1.08. The molecule has 2 aromatic rings. The van der Waals surface area contributed by atoms with Crippen LogP contribution in [-0.4, -0.2) is 29.1 Å². The SMILES string of the molecule is Cc1ccccc1O[C@H](C)CNC(=O)Nc1cccc([S@@](C)=O)c1. The van der Waals surface area contributed by atoms with Gasteiger partial charge in [0.1, 0.15) is 11.9 Å². The molecule has 5 nitrogen and oxygen atoms in total. The molecule has 0 saturated carbocycles. The van der Waals surface area contributed by atoms with Gasteiger partial charge < -0.3 is 15.4 Å². The number of hydrogen-bond acceptors (Lipinski definition) is 3. The summed E-state index contributed by atoms with van der Waals surface area (Å²) < 4.78 is 17.3. The van der Waals surface area contributed by atoms with Crippen LogP contribution in [0.15, 0.2) is 53.4 Å². The highest BCUT2D eigenvalue weighted by Crippen LogP contribution is 2.17. The third-order valence-electron chi connectivity index (χ3n) is 3.40. The molecule has 0 aliphatic carbocycles. The van der Waals surface area contributed by atoms with Crippen molar-refractivity contribution in [2.24, 2.45) is 0 Å². The summed E-state index contributed by atoms with van der Waals surface area (Å²) in [6.07, 6.45) is 1.44. The highest BCUT2D eigenvalue weighted by atomic mass is 32.2. The van der Waals surface area contributed by atoms with Crippen molar-refractivity contribution in [1.29, 1.82) is 0 Å². The smallest absolute Gasteiger partial charge is 0.319 e. The fourth-order valence-corrected chi connectivity index (χ4v) is 2.67. The van der Waals surface area contributed by atoms with E-state index in [1.807, 2.05) is 38.1 Å². The molecule has 0 fully saturated rings. The first-order chi connectivity index (χ1) is 11.5. The molecule has 0 aliphatic heterocycles. The van der Waals surface area contributed by atoms with Crippen LogP contribution in [0.1, 0.15) is 12.5 Å². The van der Waals surface area contributed by atoms with Crippen molar-refractivity contribution in [3.8, 4) is 5.75 Å². The zero-order chi connectivity index (χ0) is 17.5. The van der Waals surface area contributed by atoms with Gasteiger partial charge in [-0.05, 0) is 43.7 Å². The number of aryl methyl sites for hydroxylation is 1. The summed E-state index contributed by atoms with van der Waals surface area (Å²) in [5.41, 5.74) is 1.66. The van der Waals surface area contributed by atoms with Crippen molar-refractivity contribution in [2.75, 3.05) is 18.1 Å². The molecule has 2 rings (SSSR count). The van der Waals surface area contributed by atoms with Crippen molar-refractivity contribution in [3.05, 3.63) is 54.1 Å². The minimum Gasteiger partial charge on any atom is -0.489 e. The van der Waals surface area contributed by atoms with E-state index in [0.717, 1.165) is 11.3 Å². The Hall–Kier alpha value is -2.34. The molecule has 128 valence electrons. The molecule has 0 bridgehead atoms. The van der Waals surface area contributed by atoms with Gasteiger partial charge in [0, 0.05) is 27.6 Å². The molecular weight excluding hydrogens is 324 g/mol. The molecule has 6 heteroatoms. The number of benzene rings is 2. The summed E-state index contributed by atoms with van der Waals surface area (Å²) in [5, 5.41) is 5.50. The van der Waals surface area contributed by atoms with Gasteiger partial charge in [0.05, 0.1) is 6.54 Å². The summed E-state index contributed by atoms with van der Waals surface area (Å²) in [5.74, 6) is 0.810. The summed E-state index contributed by atoms with van der Waals surface area (Å²) in [6, 6.07) is 14.4. The molecule has 2 atom stereocenters. The Kier molecular flexibility index (Phi) is 6.37. The third kappa shape index (κ3) is 5.38. The topological polar surface area (TPSA) is 67.4 Å². The number of hydrogen-bond donors (Lipinski definition) is 2. The van der Waals surface area contributed by atoms with E-state index >= 15 is 0 Å². The van der Waals surface area contributed by atoms with Crippen molar-refractivity contribution >= 4 is 22.5 Å². The normalized spacial score (nSPS) is 13.0. The third-order valence-corrected chi connectivity index (χ3v) is 4.31. The second-order valence-electron chi connectivity index (χ2n) is 5.51. The van der Waals surface area contributed by atoms with E-state index in [0.29, 0.717) is 17.1 Å². The van der Waals surface area contributed by atoms with Crippen LogP contribution in [0.5, 0.6) is 5.75 Å². The van der Waals surface area contributed by atoms with Gasteiger partial charge in [0.15, 0.2) is 0 Å². The highest BCUT2D eigenvalue weighted by Gasteiger charge is 2.09. The number of anilines is 1. The van der Waals surface area contributed by atoms with Crippen LogP contribution in [-0.2, 0) is 10.8 Å². The van der Waals surface area contributed by atoms with Gasteiger partial charge in [-0.1, -0.05) is 24.3 Å². The van der Waals surface area contributed by atoms with E-state index in [2.05, 4.69) is 10.6 Å². The molecule has 0 unspecified atom stereocenters. The first kappa shape index (κ1) is 18.0. The maximum absolute atomic E-state index is 12.0. The molecule has 0 aromatic heterocycles. The lowest BCUT2D eigenvalue weighted by Crippen LogP contribution is -2.36. The maximum Gasteiger partial charge on any atom is 0.319 e. The summed E-state index contributed by atoms with van der Waals surface area (Å²) in [7, 11) is -1.08. The van der Waals surface area contributed by atoms with Crippen molar-refractivity contribution in [1.82, 2.24) is 5.32 Å². The van der Waals surface area contributed by atoms with Crippen LogP contribution in [0.4, 0.5) is 10.5 Å². The van der Waals surface area contributed by atoms with Crippen LogP contribution in [0.25, 0.3) is 0 Å². The molecule has 0 aliphatic rings. The number of carbonyl (C=O) groups excluding carboxylic acids is 1. The molecule has 0 saturated heterocycles. The molecule has 2 N–H and O–H groups in total. The molecular formula is C18H22N2O3S. The van der Waals surface area contributed by atoms with Gasteiger partial charge in [-0.15, -0.1) is 0 Å². The van der Waals surface area contributed by atoms with Gasteiger partial charge in [0.25, 0.3) is 0 Å². The van der Waals surface area contributed by atoms with Crippen LogP contribution >= 0.6 is 0 Å². The van der Waals surface area contributed by atoms with E-state index in [1.54, 1.807) is 30.5 Å². The molecule has 24 heavy (non-hydrogen) atoms.